The molecule has 0 radical (unpaired) electrons. The zero-order chi connectivity index (χ0) is 18.1. The first kappa shape index (κ1) is 18.3. The maximum Gasteiger partial charge on any atom is 0.330 e. The topological polar surface area (TPSA) is 110 Å². The molecule has 0 aliphatic carbocycles. The SMILES string of the molecule is CC(C)(C)c1ccc(C(=O)NC2(C(=O)O)CCSC2)cc1[N+](=O)[O-]. The van der Waals surface area contributed by atoms with Gasteiger partial charge in [-0.25, -0.2) is 4.79 Å². The van der Waals surface area contributed by atoms with Crippen molar-refractivity contribution in [3.05, 3.63) is 39.4 Å². The average molecular weight is 352 g/mol. The van der Waals surface area contributed by atoms with Crippen LogP contribution in [0.25, 0.3) is 0 Å². The second-order valence-electron chi connectivity index (χ2n) is 6.88. The lowest BCUT2D eigenvalue weighted by molar-refractivity contribution is -0.386. The van der Waals surface area contributed by atoms with Gasteiger partial charge in [-0.3, -0.25) is 14.9 Å². The Balaban J connectivity index is 2.35. The first-order valence-corrected chi connectivity index (χ1v) is 8.65. The Morgan fingerprint density at radius 1 is 1.38 bits per heavy atom. The largest absolute Gasteiger partial charge is 0.479 e. The van der Waals surface area contributed by atoms with E-state index >= 15 is 0 Å². The molecule has 8 heteroatoms. The first-order valence-electron chi connectivity index (χ1n) is 7.49. The van der Waals surface area contributed by atoms with E-state index in [9.17, 15) is 24.8 Å². The minimum absolute atomic E-state index is 0.0900. The fourth-order valence-corrected chi connectivity index (χ4v) is 3.96. The van der Waals surface area contributed by atoms with Crippen LogP contribution in [0.4, 0.5) is 5.69 Å². The molecule has 1 heterocycles. The molecule has 1 aliphatic heterocycles. The fourth-order valence-electron chi connectivity index (χ4n) is 2.63. The van der Waals surface area contributed by atoms with Crippen LogP contribution in [0.1, 0.15) is 43.1 Å². The second kappa shape index (κ2) is 6.43. The third-order valence-electron chi connectivity index (χ3n) is 4.05. The van der Waals surface area contributed by atoms with E-state index in [1.165, 1.54) is 23.9 Å². The maximum absolute atomic E-state index is 12.4. The number of rotatable bonds is 4. The van der Waals surface area contributed by atoms with Crippen LogP contribution in [0, 0.1) is 10.1 Å². The van der Waals surface area contributed by atoms with Gasteiger partial charge in [0, 0.05) is 22.9 Å². The monoisotopic (exact) mass is 352 g/mol. The molecule has 7 nitrogen and oxygen atoms in total. The summed E-state index contributed by atoms with van der Waals surface area (Å²) in [4.78, 5) is 34.8. The number of carboxylic acids is 1. The molecular weight excluding hydrogens is 332 g/mol. The Labute approximate surface area is 144 Å². The predicted molar refractivity (Wildman–Crippen MR) is 91.6 cm³/mol. The third-order valence-corrected chi connectivity index (χ3v) is 5.24. The highest BCUT2D eigenvalue weighted by Gasteiger charge is 2.43. The van der Waals surface area contributed by atoms with Gasteiger partial charge in [-0.05, 0) is 23.7 Å². The number of hydrogen-bond acceptors (Lipinski definition) is 5. The van der Waals surface area contributed by atoms with Gasteiger partial charge in [-0.1, -0.05) is 26.8 Å². The van der Waals surface area contributed by atoms with Crippen LogP contribution in [-0.4, -0.2) is 39.0 Å². The number of benzene rings is 1. The van der Waals surface area contributed by atoms with E-state index in [4.69, 9.17) is 0 Å². The number of nitrogens with zero attached hydrogens (tertiary/aromatic N) is 1. The number of nitro groups is 1. The van der Waals surface area contributed by atoms with Crippen LogP contribution in [-0.2, 0) is 10.2 Å². The van der Waals surface area contributed by atoms with Crippen molar-refractivity contribution in [2.45, 2.75) is 38.1 Å². The van der Waals surface area contributed by atoms with Gasteiger partial charge >= 0.3 is 5.97 Å². The molecule has 1 amide bonds. The zero-order valence-corrected chi connectivity index (χ0v) is 14.6. The Kier molecular flexibility index (Phi) is 4.89. The van der Waals surface area contributed by atoms with Crippen molar-refractivity contribution in [2.75, 3.05) is 11.5 Å². The van der Waals surface area contributed by atoms with Crippen LogP contribution < -0.4 is 5.32 Å². The predicted octanol–water partition coefficient (Wildman–Crippen LogP) is 2.58. The number of nitrogens with one attached hydrogen (secondary N) is 1. The normalized spacial score (nSPS) is 20.6. The summed E-state index contributed by atoms with van der Waals surface area (Å²) in [5.41, 5.74) is -1.28. The van der Waals surface area contributed by atoms with Crippen molar-refractivity contribution < 1.29 is 19.6 Å². The molecular formula is C16H20N2O5S. The van der Waals surface area contributed by atoms with E-state index in [0.717, 1.165) is 0 Å². The van der Waals surface area contributed by atoms with Crippen molar-refractivity contribution >= 4 is 29.3 Å². The van der Waals surface area contributed by atoms with Gasteiger partial charge in [-0.2, -0.15) is 11.8 Å². The van der Waals surface area contributed by atoms with Crippen LogP contribution in [0.15, 0.2) is 18.2 Å². The average Bonchev–Trinajstić information content (AvgIpc) is 2.95. The minimum atomic E-state index is -1.31. The van der Waals surface area contributed by atoms with Crippen molar-refractivity contribution in [1.82, 2.24) is 5.32 Å². The molecule has 1 atom stereocenters. The highest BCUT2D eigenvalue weighted by molar-refractivity contribution is 7.99. The van der Waals surface area contributed by atoms with E-state index in [1.807, 2.05) is 20.8 Å². The molecule has 130 valence electrons. The van der Waals surface area contributed by atoms with Gasteiger partial charge in [0.15, 0.2) is 0 Å². The molecule has 1 aromatic rings. The number of carbonyl (C=O) groups is 2. The quantitative estimate of drug-likeness (QED) is 0.637. The van der Waals surface area contributed by atoms with Gasteiger partial charge < -0.3 is 10.4 Å². The van der Waals surface area contributed by atoms with E-state index in [-0.39, 0.29) is 17.0 Å². The standard InChI is InChI=1S/C16H20N2O5S/c1-15(2,3)11-5-4-10(8-12(11)18(22)23)13(19)17-16(14(20)21)6-7-24-9-16/h4-5,8H,6-7,9H2,1-3H3,(H,17,19)(H,20,21). The van der Waals surface area contributed by atoms with Gasteiger partial charge in [0.05, 0.1) is 4.92 Å². The third kappa shape index (κ3) is 3.53. The lowest BCUT2D eigenvalue weighted by Crippen LogP contribution is -2.54. The van der Waals surface area contributed by atoms with Crippen LogP contribution in [0.5, 0.6) is 0 Å². The van der Waals surface area contributed by atoms with Crippen molar-refractivity contribution in [2.24, 2.45) is 0 Å². The Hall–Kier alpha value is -2.09. The molecule has 1 unspecified atom stereocenters. The number of carboxylic acid groups (broad SMARTS) is 1. The summed E-state index contributed by atoms with van der Waals surface area (Å²) in [7, 11) is 0. The molecule has 1 fully saturated rings. The zero-order valence-electron chi connectivity index (χ0n) is 13.8. The van der Waals surface area contributed by atoms with Crippen molar-refractivity contribution in [3.8, 4) is 0 Å². The van der Waals surface area contributed by atoms with Gasteiger partial charge in [0.2, 0.25) is 0 Å². The first-order chi connectivity index (χ1) is 11.1. The van der Waals surface area contributed by atoms with E-state index in [2.05, 4.69) is 5.32 Å². The maximum atomic E-state index is 12.4. The number of hydrogen-bond donors (Lipinski definition) is 2. The number of nitro benzene ring substituents is 1. The summed E-state index contributed by atoms with van der Waals surface area (Å²) in [6.07, 6.45) is 0.334. The molecule has 0 saturated carbocycles. The molecule has 0 aromatic heterocycles. The smallest absolute Gasteiger partial charge is 0.330 e. The highest BCUT2D eigenvalue weighted by atomic mass is 32.2. The lowest BCUT2D eigenvalue weighted by Gasteiger charge is -2.25. The summed E-state index contributed by atoms with van der Waals surface area (Å²) < 4.78 is 0. The van der Waals surface area contributed by atoms with Crippen LogP contribution in [0.3, 0.4) is 0 Å². The molecule has 24 heavy (non-hydrogen) atoms. The minimum Gasteiger partial charge on any atom is -0.479 e. The Morgan fingerprint density at radius 3 is 2.50 bits per heavy atom. The lowest BCUT2D eigenvalue weighted by atomic mass is 9.85. The second-order valence-corrected chi connectivity index (χ2v) is 7.99. The summed E-state index contributed by atoms with van der Waals surface area (Å²) in [5, 5.41) is 23.3. The molecule has 1 saturated heterocycles. The Morgan fingerprint density at radius 2 is 2.04 bits per heavy atom. The summed E-state index contributed by atoms with van der Waals surface area (Å²) in [5.74, 6) is -0.753. The van der Waals surface area contributed by atoms with Crippen LogP contribution >= 0.6 is 11.8 Å². The fraction of sp³-hybridized carbons (Fsp3) is 0.500. The number of amides is 1. The number of carbonyl (C=O) groups excluding carboxylic acids is 1. The molecule has 0 bridgehead atoms. The van der Waals surface area contributed by atoms with E-state index in [1.54, 1.807) is 6.07 Å². The molecule has 1 aromatic carbocycles. The van der Waals surface area contributed by atoms with Gasteiger partial charge in [0.25, 0.3) is 11.6 Å². The summed E-state index contributed by atoms with van der Waals surface area (Å²) >= 11 is 1.46. The Bertz CT molecular complexity index is 690. The van der Waals surface area contributed by atoms with E-state index < -0.39 is 27.8 Å². The van der Waals surface area contributed by atoms with Crippen molar-refractivity contribution in [1.29, 1.82) is 0 Å². The summed E-state index contributed by atoms with van der Waals surface area (Å²) in [6.45, 7) is 5.55. The molecule has 2 N–H and O–H groups in total. The number of aliphatic carboxylic acids is 1. The number of thioether (sulfide) groups is 1. The van der Waals surface area contributed by atoms with Crippen molar-refractivity contribution in [3.63, 3.8) is 0 Å². The summed E-state index contributed by atoms with van der Waals surface area (Å²) in [6, 6.07) is 4.28. The molecule has 1 aliphatic rings. The molecule has 2 rings (SSSR count). The van der Waals surface area contributed by atoms with Gasteiger partial charge in [0.1, 0.15) is 5.54 Å². The molecule has 0 spiro atoms. The van der Waals surface area contributed by atoms with E-state index in [0.29, 0.717) is 17.7 Å². The highest BCUT2D eigenvalue weighted by Crippen LogP contribution is 2.33. The van der Waals surface area contributed by atoms with Crippen LogP contribution in [0.2, 0.25) is 0 Å². The van der Waals surface area contributed by atoms with Gasteiger partial charge in [-0.15, -0.1) is 0 Å².